The molecule has 3 aromatic heterocycles. The number of hydrogen-bond acceptors (Lipinski definition) is 6. The summed E-state index contributed by atoms with van der Waals surface area (Å²) >= 11 is 0. The van der Waals surface area contributed by atoms with Crippen molar-refractivity contribution in [2.45, 2.75) is 13.8 Å². The first-order chi connectivity index (χ1) is 14.4. The molecule has 4 aromatic rings. The molecule has 0 saturated carbocycles. The van der Waals surface area contributed by atoms with E-state index in [1.54, 1.807) is 32.2 Å². The number of benzene rings is 1. The summed E-state index contributed by atoms with van der Waals surface area (Å²) in [5.41, 5.74) is 7.23. The Morgan fingerprint density at radius 2 is 1.93 bits per heavy atom. The molecule has 1 aromatic carbocycles. The Kier molecular flexibility index (Phi) is 4.71. The summed E-state index contributed by atoms with van der Waals surface area (Å²) in [6, 6.07) is 9.12. The Morgan fingerprint density at radius 3 is 2.60 bits per heavy atom. The summed E-state index contributed by atoms with van der Waals surface area (Å²) in [4.78, 5) is 42.9. The van der Waals surface area contributed by atoms with Gasteiger partial charge in [-0.2, -0.15) is 4.73 Å². The molecule has 4 rings (SSSR count). The number of aromatic nitrogens is 4. The van der Waals surface area contributed by atoms with Gasteiger partial charge in [-0.25, -0.2) is 19.2 Å². The lowest BCUT2D eigenvalue weighted by atomic mass is 10.1. The molecule has 0 aliphatic carbocycles. The second-order valence-corrected chi connectivity index (χ2v) is 6.57. The number of rotatable bonds is 4. The summed E-state index contributed by atoms with van der Waals surface area (Å²) < 4.78 is 14.8. The van der Waals surface area contributed by atoms with E-state index in [2.05, 4.69) is 15.0 Å². The van der Waals surface area contributed by atoms with Gasteiger partial charge >= 0.3 is 5.97 Å². The van der Waals surface area contributed by atoms with Crippen LogP contribution in [0.25, 0.3) is 22.4 Å². The van der Waals surface area contributed by atoms with E-state index in [0.717, 1.165) is 4.73 Å². The SMILES string of the molecule is Cc1nc(-c2ccccn2)ncc1C(=O)On1c(C)c(C(N)=O)c2cc(F)ccc21. The van der Waals surface area contributed by atoms with Gasteiger partial charge < -0.3 is 10.6 Å². The van der Waals surface area contributed by atoms with E-state index >= 15 is 0 Å². The molecule has 9 heteroatoms. The average molecular weight is 405 g/mol. The Bertz CT molecular complexity index is 1300. The molecule has 0 saturated heterocycles. The first-order valence-corrected chi connectivity index (χ1v) is 8.95. The largest absolute Gasteiger partial charge is 0.367 e. The second-order valence-electron chi connectivity index (χ2n) is 6.57. The minimum absolute atomic E-state index is 0.0794. The van der Waals surface area contributed by atoms with Gasteiger partial charge in [-0.1, -0.05) is 6.07 Å². The highest BCUT2D eigenvalue weighted by molar-refractivity contribution is 6.07. The number of carbonyl (C=O) groups is 2. The van der Waals surface area contributed by atoms with E-state index in [9.17, 15) is 14.0 Å². The van der Waals surface area contributed by atoms with E-state index in [4.69, 9.17) is 10.6 Å². The van der Waals surface area contributed by atoms with Crippen LogP contribution in [0.1, 0.15) is 32.1 Å². The van der Waals surface area contributed by atoms with Crippen molar-refractivity contribution in [3.63, 3.8) is 0 Å². The van der Waals surface area contributed by atoms with Gasteiger partial charge in [-0.05, 0) is 44.2 Å². The number of amides is 1. The standard InChI is InChI=1S/C21H16FN5O3/c1-11-15(10-25-20(26-11)16-5-3-4-8-24-16)21(29)30-27-12(2)18(19(23)28)14-9-13(22)6-7-17(14)27/h3-10H,1-2H3,(H2,23,28). The third-order valence-corrected chi connectivity index (χ3v) is 4.63. The summed E-state index contributed by atoms with van der Waals surface area (Å²) in [6.45, 7) is 3.20. The maximum Gasteiger partial charge on any atom is 0.367 e. The lowest BCUT2D eigenvalue weighted by Crippen LogP contribution is -2.23. The summed E-state index contributed by atoms with van der Waals surface area (Å²) in [7, 11) is 0. The smallest absolute Gasteiger partial charge is 0.366 e. The van der Waals surface area contributed by atoms with Gasteiger partial charge in [0.05, 0.1) is 22.5 Å². The van der Waals surface area contributed by atoms with Crippen molar-refractivity contribution >= 4 is 22.8 Å². The lowest BCUT2D eigenvalue weighted by Gasteiger charge is -2.10. The highest BCUT2D eigenvalue weighted by Gasteiger charge is 2.23. The van der Waals surface area contributed by atoms with Crippen molar-refractivity contribution in [2.75, 3.05) is 0 Å². The molecule has 0 bridgehead atoms. The fourth-order valence-electron chi connectivity index (χ4n) is 3.21. The van der Waals surface area contributed by atoms with Crippen molar-refractivity contribution in [1.82, 2.24) is 19.7 Å². The van der Waals surface area contributed by atoms with Gasteiger partial charge in [0.25, 0.3) is 5.91 Å². The van der Waals surface area contributed by atoms with Crippen LogP contribution in [-0.2, 0) is 0 Å². The molecule has 30 heavy (non-hydrogen) atoms. The fraction of sp³-hybridized carbons (Fsp3) is 0.0952. The molecule has 0 aliphatic rings. The molecule has 1 amide bonds. The molecule has 8 nitrogen and oxygen atoms in total. The lowest BCUT2D eigenvalue weighted by molar-refractivity contribution is 0.0470. The van der Waals surface area contributed by atoms with E-state index in [0.29, 0.717) is 22.7 Å². The highest BCUT2D eigenvalue weighted by Crippen LogP contribution is 2.26. The molecule has 0 aliphatic heterocycles. The number of pyridine rings is 1. The van der Waals surface area contributed by atoms with Crippen LogP contribution in [0.15, 0.2) is 48.8 Å². The maximum absolute atomic E-state index is 13.7. The zero-order valence-corrected chi connectivity index (χ0v) is 16.1. The first-order valence-electron chi connectivity index (χ1n) is 8.95. The van der Waals surface area contributed by atoms with Crippen molar-refractivity contribution in [1.29, 1.82) is 0 Å². The zero-order chi connectivity index (χ0) is 21.4. The molecule has 0 radical (unpaired) electrons. The number of aryl methyl sites for hydroxylation is 1. The van der Waals surface area contributed by atoms with Gasteiger partial charge in [0.1, 0.15) is 17.1 Å². The molecule has 3 heterocycles. The molecule has 2 N–H and O–H groups in total. The second kappa shape index (κ2) is 7.36. The molecule has 0 spiro atoms. The van der Waals surface area contributed by atoms with E-state index in [1.165, 1.54) is 24.4 Å². The molecular weight excluding hydrogens is 389 g/mol. The minimum atomic E-state index is -0.753. The molecular formula is C21H16FN5O3. The van der Waals surface area contributed by atoms with Gasteiger partial charge in [0.15, 0.2) is 5.82 Å². The summed E-state index contributed by atoms with van der Waals surface area (Å²) in [5.74, 6) is -1.65. The number of fused-ring (bicyclic) bond motifs is 1. The number of nitrogens with zero attached hydrogens (tertiary/aromatic N) is 4. The topological polar surface area (TPSA) is 113 Å². The quantitative estimate of drug-likeness (QED) is 0.558. The van der Waals surface area contributed by atoms with Crippen LogP contribution in [0.3, 0.4) is 0 Å². The summed E-state index contributed by atoms with van der Waals surface area (Å²) in [6.07, 6.45) is 2.97. The highest BCUT2D eigenvalue weighted by atomic mass is 19.1. The Labute approximate surface area is 170 Å². The molecule has 150 valence electrons. The third-order valence-electron chi connectivity index (χ3n) is 4.63. The monoisotopic (exact) mass is 405 g/mol. The Hall–Kier alpha value is -4.14. The van der Waals surface area contributed by atoms with Crippen molar-refractivity contribution < 1.29 is 18.8 Å². The normalized spacial score (nSPS) is 10.9. The number of carbonyl (C=O) groups excluding carboxylic acids is 2. The van der Waals surface area contributed by atoms with E-state index in [1.807, 2.05) is 6.07 Å². The van der Waals surface area contributed by atoms with Crippen LogP contribution >= 0.6 is 0 Å². The van der Waals surface area contributed by atoms with Gasteiger partial charge in [-0.15, -0.1) is 0 Å². The predicted octanol–water partition coefficient (Wildman–Crippen LogP) is 2.62. The number of primary amides is 1. The molecule has 0 fully saturated rings. The van der Waals surface area contributed by atoms with Crippen LogP contribution in [-0.4, -0.2) is 31.6 Å². The van der Waals surface area contributed by atoms with Gasteiger partial charge in [0, 0.05) is 17.8 Å². The van der Waals surface area contributed by atoms with Crippen LogP contribution in [0.4, 0.5) is 4.39 Å². The van der Waals surface area contributed by atoms with Crippen LogP contribution in [0.5, 0.6) is 0 Å². The van der Waals surface area contributed by atoms with Crippen molar-refractivity contribution in [3.05, 3.63) is 77.1 Å². The van der Waals surface area contributed by atoms with Crippen molar-refractivity contribution in [3.8, 4) is 11.5 Å². The molecule has 0 unspecified atom stereocenters. The number of halogens is 1. The van der Waals surface area contributed by atoms with Gasteiger partial charge in [0.2, 0.25) is 0 Å². The van der Waals surface area contributed by atoms with E-state index < -0.39 is 17.7 Å². The predicted molar refractivity (Wildman–Crippen MR) is 106 cm³/mol. The Balaban J connectivity index is 1.72. The average Bonchev–Trinajstić information content (AvgIpc) is 2.99. The Morgan fingerprint density at radius 1 is 1.13 bits per heavy atom. The maximum atomic E-state index is 13.7. The van der Waals surface area contributed by atoms with Gasteiger partial charge in [-0.3, -0.25) is 9.78 Å². The number of hydrogen-bond donors (Lipinski definition) is 1. The number of nitrogens with two attached hydrogens (primary N) is 1. The molecule has 0 atom stereocenters. The fourth-order valence-corrected chi connectivity index (χ4v) is 3.21. The summed E-state index contributed by atoms with van der Waals surface area (Å²) in [5, 5.41) is 0.256. The first kappa shape index (κ1) is 19.2. The van der Waals surface area contributed by atoms with Crippen molar-refractivity contribution in [2.24, 2.45) is 5.73 Å². The third kappa shape index (κ3) is 3.26. The zero-order valence-electron chi connectivity index (χ0n) is 16.1. The van der Waals surface area contributed by atoms with Crippen LogP contribution in [0, 0.1) is 19.7 Å². The van der Waals surface area contributed by atoms with Crippen LogP contribution in [0.2, 0.25) is 0 Å². The minimum Gasteiger partial charge on any atom is -0.366 e. The van der Waals surface area contributed by atoms with Crippen LogP contribution < -0.4 is 10.6 Å². The van der Waals surface area contributed by atoms with E-state index in [-0.39, 0.29) is 22.2 Å².